The van der Waals surface area contributed by atoms with Gasteiger partial charge in [0.05, 0.1) is 19.4 Å². The molecule has 2 heterocycles. The van der Waals surface area contributed by atoms with E-state index < -0.39 is 66.8 Å². The predicted molar refractivity (Wildman–Crippen MR) is 137 cm³/mol. The Labute approximate surface area is 221 Å². The van der Waals surface area contributed by atoms with Gasteiger partial charge in [-0.1, -0.05) is 18.2 Å². The second kappa shape index (κ2) is 13.2. The van der Waals surface area contributed by atoms with Crippen LogP contribution in [0.5, 0.6) is 0 Å². The molecule has 0 radical (unpaired) electrons. The molecule has 15 nitrogen and oxygen atoms in total. The lowest BCUT2D eigenvalue weighted by molar-refractivity contribution is -0.142. The number of carbonyl (C=O) groups excluding carboxylic acids is 4. The van der Waals surface area contributed by atoms with Crippen LogP contribution in [-0.4, -0.2) is 85.5 Å². The number of nitrogens with two attached hydrogens (primary N) is 2. The SMILES string of the molecule is NC(=O)CC(NC(=O)C(N)CO)C(=O)NC(Cc1c[nH]c2ccccc12)C(=O)NC(Cc1cnc[nH]1)C(=O)O. The number of aliphatic hydroxyl groups is 1. The van der Waals surface area contributed by atoms with Gasteiger partial charge in [0, 0.05) is 41.8 Å². The Morgan fingerprint density at radius 1 is 0.923 bits per heavy atom. The summed E-state index contributed by atoms with van der Waals surface area (Å²) in [6, 6.07) is 1.69. The summed E-state index contributed by atoms with van der Waals surface area (Å²) in [4.78, 5) is 71.8. The Balaban J connectivity index is 1.86. The second-order valence-corrected chi connectivity index (χ2v) is 8.83. The fraction of sp³-hybridized carbons (Fsp3) is 0.333. The minimum atomic E-state index is -1.51. The highest BCUT2D eigenvalue weighted by Crippen LogP contribution is 2.19. The fourth-order valence-electron chi connectivity index (χ4n) is 3.86. The van der Waals surface area contributed by atoms with E-state index in [-0.39, 0.29) is 12.8 Å². The van der Waals surface area contributed by atoms with Crippen LogP contribution in [0.3, 0.4) is 0 Å². The number of nitrogens with zero attached hydrogens (tertiary/aromatic N) is 1. The van der Waals surface area contributed by atoms with Gasteiger partial charge in [-0.05, 0) is 11.6 Å². The van der Waals surface area contributed by atoms with Crippen molar-refractivity contribution in [1.29, 1.82) is 0 Å². The number of aromatic nitrogens is 3. The van der Waals surface area contributed by atoms with Crippen LogP contribution < -0.4 is 27.4 Å². The van der Waals surface area contributed by atoms with E-state index in [1.165, 1.54) is 12.5 Å². The third-order valence-corrected chi connectivity index (χ3v) is 5.90. The fourth-order valence-corrected chi connectivity index (χ4v) is 3.86. The normalized spacial score (nSPS) is 14.1. The average Bonchev–Trinajstić information content (AvgIpc) is 3.56. The highest BCUT2D eigenvalue weighted by Gasteiger charge is 2.32. The Morgan fingerprint density at radius 3 is 2.23 bits per heavy atom. The van der Waals surface area contributed by atoms with Crippen LogP contribution in [0.2, 0.25) is 0 Å². The number of hydrogen-bond acceptors (Lipinski definition) is 8. The molecule has 11 N–H and O–H groups in total. The molecular weight excluding hydrogens is 512 g/mol. The van der Waals surface area contributed by atoms with Crippen molar-refractivity contribution in [3.63, 3.8) is 0 Å². The van der Waals surface area contributed by atoms with Crippen molar-refractivity contribution >= 4 is 40.5 Å². The van der Waals surface area contributed by atoms with Gasteiger partial charge in [-0.15, -0.1) is 0 Å². The molecule has 0 aliphatic carbocycles. The number of benzene rings is 1. The summed E-state index contributed by atoms with van der Waals surface area (Å²) >= 11 is 0. The first-order chi connectivity index (χ1) is 18.6. The number of aliphatic carboxylic acids is 1. The molecule has 0 aliphatic heterocycles. The quantitative estimate of drug-likeness (QED) is 0.103. The first kappa shape index (κ1) is 28.8. The minimum absolute atomic E-state index is 0.0641. The van der Waals surface area contributed by atoms with Crippen LogP contribution in [-0.2, 0) is 36.8 Å². The van der Waals surface area contributed by atoms with Crippen LogP contribution >= 0.6 is 0 Å². The standard InChI is InChI=1S/C24H30N8O7/c25-15(10-33)21(35)30-18(7-20(26)34)23(37)31-17(5-12-8-28-16-4-2-1-3-14(12)16)22(36)32-19(24(38)39)6-13-9-27-11-29-13/h1-4,8-9,11,15,17-19,28,33H,5-7,10,25H2,(H2,26,34)(H,27,29)(H,30,35)(H,31,37)(H,32,36)(H,38,39). The number of rotatable bonds is 14. The molecular formula is C24H30N8O7. The third-order valence-electron chi connectivity index (χ3n) is 5.90. The smallest absolute Gasteiger partial charge is 0.326 e. The highest BCUT2D eigenvalue weighted by atomic mass is 16.4. The molecule has 4 unspecified atom stereocenters. The molecule has 0 saturated heterocycles. The lowest BCUT2D eigenvalue weighted by Crippen LogP contribution is -2.58. The van der Waals surface area contributed by atoms with E-state index in [9.17, 15) is 29.1 Å². The van der Waals surface area contributed by atoms with Gasteiger partial charge in [-0.25, -0.2) is 9.78 Å². The molecule has 0 fully saturated rings. The molecule has 4 amide bonds. The number of imidazole rings is 1. The molecule has 208 valence electrons. The molecule has 2 aromatic heterocycles. The lowest BCUT2D eigenvalue weighted by atomic mass is 10.0. The van der Waals surface area contributed by atoms with E-state index in [1.54, 1.807) is 12.3 Å². The maximum Gasteiger partial charge on any atom is 0.326 e. The topological polar surface area (TPSA) is 258 Å². The van der Waals surface area contributed by atoms with Crippen molar-refractivity contribution < 1.29 is 34.2 Å². The molecule has 0 saturated carbocycles. The van der Waals surface area contributed by atoms with Crippen LogP contribution in [0.25, 0.3) is 10.9 Å². The zero-order valence-electron chi connectivity index (χ0n) is 20.7. The average molecular weight is 543 g/mol. The van der Waals surface area contributed by atoms with Crippen molar-refractivity contribution in [2.45, 2.75) is 43.4 Å². The highest BCUT2D eigenvalue weighted by molar-refractivity contribution is 5.96. The summed E-state index contributed by atoms with van der Waals surface area (Å²) in [6.07, 6.45) is 3.65. The largest absolute Gasteiger partial charge is 0.480 e. The summed E-state index contributed by atoms with van der Waals surface area (Å²) in [5.74, 6) is -4.91. The van der Waals surface area contributed by atoms with Gasteiger partial charge in [0.2, 0.25) is 23.6 Å². The summed E-state index contributed by atoms with van der Waals surface area (Å²) in [7, 11) is 0. The number of carboxylic acids is 1. The van der Waals surface area contributed by atoms with Crippen LogP contribution in [0.1, 0.15) is 17.7 Å². The number of aliphatic hydroxyl groups excluding tert-OH is 1. The van der Waals surface area contributed by atoms with Gasteiger partial charge in [-0.3, -0.25) is 19.2 Å². The third kappa shape index (κ3) is 7.86. The second-order valence-electron chi connectivity index (χ2n) is 8.83. The van der Waals surface area contributed by atoms with Gasteiger partial charge in [0.1, 0.15) is 24.2 Å². The summed E-state index contributed by atoms with van der Waals surface area (Å²) in [6.45, 7) is -0.713. The number of H-pyrrole nitrogens is 2. The first-order valence-electron chi connectivity index (χ1n) is 11.9. The van der Waals surface area contributed by atoms with Crippen LogP contribution in [0, 0.1) is 0 Å². The van der Waals surface area contributed by atoms with E-state index in [2.05, 4.69) is 30.9 Å². The number of fused-ring (bicyclic) bond motifs is 1. The number of hydrogen-bond donors (Lipinski definition) is 9. The Bertz CT molecular complexity index is 1320. The molecule has 0 bridgehead atoms. The number of nitrogens with one attached hydrogen (secondary N) is 5. The molecule has 1 aromatic carbocycles. The van der Waals surface area contributed by atoms with Gasteiger partial charge in [-0.2, -0.15) is 0 Å². The van der Waals surface area contributed by atoms with Crippen molar-refractivity contribution in [3.8, 4) is 0 Å². The lowest BCUT2D eigenvalue weighted by Gasteiger charge is -2.24. The summed E-state index contributed by atoms with van der Waals surface area (Å²) < 4.78 is 0. The van der Waals surface area contributed by atoms with E-state index >= 15 is 0 Å². The van der Waals surface area contributed by atoms with Crippen LogP contribution in [0.15, 0.2) is 43.0 Å². The Kier molecular flexibility index (Phi) is 9.72. The Morgan fingerprint density at radius 2 is 1.59 bits per heavy atom. The first-order valence-corrected chi connectivity index (χ1v) is 11.9. The van der Waals surface area contributed by atoms with E-state index in [1.807, 2.05) is 18.2 Å². The van der Waals surface area contributed by atoms with Crippen molar-refractivity contribution in [1.82, 2.24) is 30.9 Å². The molecule has 15 heteroatoms. The number of aromatic amines is 2. The van der Waals surface area contributed by atoms with Gasteiger partial charge in [0.25, 0.3) is 0 Å². The van der Waals surface area contributed by atoms with E-state index in [4.69, 9.17) is 16.6 Å². The van der Waals surface area contributed by atoms with E-state index in [0.29, 0.717) is 11.3 Å². The van der Waals surface area contributed by atoms with Crippen molar-refractivity contribution in [3.05, 3.63) is 54.2 Å². The monoisotopic (exact) mass is 542 g/mol. The number of amides is 4. The number of carboxylic acid groups (broad SMARTS) is 1. The predicted octanol–water partition coefficient (Wildman–Crippen LogP) is -2.59. The van der Waals surface area contributed by atoms with Gasteiger partial charge in [0.15, 0.2) is 0 Å². The minimum Gasteiger partial charge on any atom is -0.480 e. The Hall–Kier alpha value is -4.76. The van der Waals surface area contributed by atoms with Gasteiger partial charge < -0.3 is 47.6 Å². The molecule has 4 atom stereocenters. The molecule has 0 spiro atoms. The zero-order valence-corrected chi connectivity index (χ0v) is 20.7. The zero-order chi connectivity index (χ0) is 28.5. The number of primary amides is 1. The summed E-state index contributed by atoms with van der Waals surface area (Å²) in [5, 5.41) is 26.7. The van der Waals surface area contributed by atoms with E-state index in [0.717, 1.165) is 10.9 Å². The molecule has 3 aromatic rings. The van der Waals surface area contributed by atoms with Crippen LogP contribution in [0.4, 0.5) is 0 Å². The van der Waals surface area contributed by atoms with Gasteiger partial charge >= 0.3 is 5.97 Å². The number of carbonyl (C=O) groups is 5. The number of para-hydroxylation sites is 1. The maximum absolute atomic E-state index is 13.3. The summed E-state index contributed by atoms with van der Waals surface area (Å²) in [5.41, 5.74) is 12.6. The molecule has 39 heavy (non-hydrogen) atoms. The maximum atomic E-state index is 13.3. The molecule has 3 rings (SSSR count). The van der Waals surface area contributed by atoms with Crippen molar-refractivity contribution in [2.75, 3.05) is 6.61 Å². The van der Waals surface area contributed by atoms with Crippen molar-refractivity contribution in [2.24, 2.45) is 11.5 Å². The molecule has 0 aliphatic rings.